The number of anilines is 1. The van der Waals surface area contributed by atoms with E-state index in [0.717, 1.165) is 41.3 Å². The summed E-state index contributed by atoms with van der Waals surface area (Å²) in [6.45, 7) is 7.03. The highest BCUT2D eigenvalue weighted by Crippen LogP contribution is 2.29. The van der Waals surface area contributed by atoms with E-state index in [1.165, 1.54) is 5.56 Å². The van der Waals surface area contributed by atoms with Crippen molar-refractivity contribution < 1.29 is 4.74 Å². The van der Waals surface area contributed by atoms with Crippen LogP contribution in [-0.2, 0) is 19.4 Å². The van der Waals surface area contributed by atoms with Gasteiger partial charge >= 0.3 is 0 Å². The van der Waals surface area contributed by atoms with Crippen molar-refractivity contribution in [3.8, 4) is 5.75 Å². The molecule has 0 saturated heterocycles. The van der Waals surface area contributed by atoms with Crippen molar-refractivity contribution in [2.75, 3.05) is 5.32 Å². The number of pyridine rings is 1. The Labute approximate surface area is 178 Å². The van der Waals surface area contributed by atoms with Crippen molar-refractivity contribution in [2.45, 2.75) is 45.8 Å². The van der Waals surface area contributed by atoms with Gasteiger partial charge in [0.1, 0.15) is 12.4 Å². The van der Waals surface area contributed by atoms with Crippen molar-refractivity contribution in [3.63, 3.8) is 0 Å². The average Bonchev–Trinajstić information content (AvgIpc) is 3.09. The fraction of sp³-hybridized carbons (Fsp3) is 0.269. The lowest BCUT2D eigenvalue weighted by molar-refractivity contribution is 0.308. The van der Waals surface area contributed by atoms with Crippen LogP contribution in [0.5, 0.6) is 5.75 Å². The van der Waals surface area contributed by atoms with Crippen molar-refractivity contribution in [1.82, 2.24) is 9.38 Å². The van der Waals surface area contributed by atoms with Gasteiger partial charge in [-0.15, -0.1) is 0 Å². The van der Waals surface area contributed by atoms with Gasteiger partial charge < -0.3 is 10.1 Å². The minimum atomic E-state index is -0.0711. The number of aryl methyl sites for hydroxylation is 2. The third-order valence-corrected chi connectivity index (χ3v) is 4.91. The van der Waals surface area contributed by atoms with Crippen LogP contribution in [0.4, 0.5) is 5.82 Å². The molecule has 0 bridgehead atoms. The molecular formula is C26H29N3O. The van der Waals surface area contributed by atoms with E-state index in [1.807, 2.05) is 30.3 Å². The predicted octanol–water partition coefficient (Wildman–Crippen LogP) is 5.91. The van der Waals surface area contributed by atoms with Crippen molar-refractivity contribution in [1.29, 1.82) is 0 Å². The second-order valence-corrected chi connectivity index (χ2v) is 8.61. The van der Waals surface area contributed by atoms with Crippen molar-refractivity contribution in [2.24, 2.45) is 0 Å². The molecule has 0 atom stereocenters. The molecule has 2 aromatic carbocycles. The molecule has 2 heterocycles. The van der Waals surface area contributed by atoms with E-state index in [9.17, 15) is 0 Å². The van der Waals surface area contributed by atoms with Gasteiger partial charge in [-0.1, -0.05) is 60.7 Å². The zero-order valence-corrected chi connectivity index (χ0v) is 17.9. The minimum Gasteiger partial charge on any atom is -0.485 e. The van der Waals surface area contributed by atoms with Crippen LogP contribution < -0.4 is 10.1 Å². The van der Waals surface area contributed by atoms with Crippen molar-refractivity contribution in [3.05, 3.63) is 95.8 Å². The number of fused-ring (bicyclic) bond motifs is 1. The monoisotopic (exact) mass is 399 g/mol. The first kappa shape index (κ1) is 20.0. The van der Waals surface area contributed by atoms with E-state index in [-0.39, 0.29) is 5.54 Å². The fourth-order valence-corrected chi connectivity index (χ4v) is 3.51. The van der Waals surface area contributed by atoms with Crippen LogP contribution in [0.3, 0.4) is 0 Å². The Balaban J connectivity index is 1.65. The smallest absolute Gasteiger partial charge is 0.181 e. The minimum absolute atomic E-state index is 0.0711. The van der Waals surface area contributed by atoms with Crippen LogP contribution in [0.2, 0.25) is 0 Å². The van der Waals surface area contributed by atoms with Gasteiger partial charge in [-0.05, 0) is 56.9 Å². The molecule has 154 valence electrons. The summed E-state index contributed by atoms with van der Waals surface area (Å²) in [6, 6.07) is 24.8. The van der Waals surface area contributed by atoms with Gasteiger partial charge in [-0.2, -0.15) is 0 Å². The second kappa shape index (κ2) is 8.62. The Bertz CT molecular complexity index is 1100. The number of aromatic nitrogens is 2. The summed E-state index contributed by atoms with van der Waals surface area (Å²) in [6.07, 6.45) is 3.86. The highest BCUT2D eigenvalue weighted by atomic mass is 16.5. The molecule has 4 heteroatoms. The van der Waals surface area contributed by atoms with Gasteiger partial charge in [0.2, 0.25) is 0 Å². The van der Waals surface area contributed by atoms with E-state index < -0.39 is 0 Å². The molecule has 4 aromatic rings. The topological polar surface area (TPSA) is 38.6 Å². The lowest BCUT2D eigenvalue weighted by atomic mass is 10.1. The van der Waals surface area contributed by atoms with E-state index in [0.29, 0.717) is 6.61 Å². The zero-order valence-electron chi connectivity index (χ0n) is 17.9. The molecule has 0 aliphatic rings. The number of rotatable bonds is 7. The Morgan fingerprint density at radius 2 is 1.50 bits per heavy atom. The van der Waals surface area contributed by atoms with E-state index >= 15 is 0 Å². The van der Waals surface area contributed by atoms with Crippen LogP contribution in [-0.4, -0.2) is 14.9 Å². The summed E-state index contributed by atoms with van der Waals surface area (Å²) in [5, 5.41) is 3.65. The van der Waals surface area contributed by atoms with E-state index in [4.69, 9.17) is 9.72 Å². The molecule has 0 aliphatic carbocycles. The molecule has 0 spiro atoms. The molecule has 4 nitrogen and oxygen atoms in total. The number of imidazole rings is 1. The zero-order chi connectivity index (χ0) is 21.0. The molecule has 0 fully saturated rings. The number of nitrogens with one attached hydrogen (secondary N) is 1. The quantitative estimate of drug-likeness (QED) is 0.420. The molecule has 0 radical (unpaired) electrons. The van der Waals surface area contributed by atoms with Crippen LogP contribution in [0.25, 0.3) is 5.65 Å². The third kappa shape index (κ3) is 4.82. The van der Waals surface area contributed by atoms with Gasteiger partial charge in [0.25, 0.3) is 0 Å². The summed E-state index contributed by atoms with van der Waals surface area (Å²) in [7, 11) is 0. The predicted molar refractivity (Wildman–Crippen MR) is 123 cm³/mol. The third-order valence-electron chi connectivity index (χ3n) is 4.91. The van der Waals surface area contributed by atoms with Crippen LogP contribution in [0, 0.1) is 0 Å². The Kier molecular flexibility index (Phi) is 5.75. The number of ether oxygens (including phenoxy) is 1. The molecule has 0 saturated carbocycles. The number of hydrogen-bond acceptors (Lipinski definition) is 3. The SMILES string of the molecule is CC(C)(C)Nc1c(CCc2ccccc2)nc2c(OCc3ccccc3)cccn12. The maximum atomic E-state index is 6.16. The molecular weight excluding hydrogens is 370 g/mol. The molecule has 0 unspecified atom stereocenters. The lowest BCUT2D eigenvalue weighted by Gasteiger charge is -2.22. The molecule has 30 heavy (non-hydrogen) atoms. The maximum absolute atomic E-state index is 6.16. The first-order chi connectivity index (χ1) is 14.5. The molecule has 4 rings (SSSR count). The number of nitrogens with zero attached hydrogens (tertiary/aromatic N) is 2. The standard InChI is InChI=1S/C26H29N3O/c1-26(2,3)28-24-22(17-16-20-11-6-4-7-12-20)27-25-23(15-10-18-29(24)25)30-19-21-13-8-5-9-14-21/h4-15,18,28H,16-17,19H2,1-3H3. The summed E-state index contributed by atoms with van der Waals surface area (Å²) >= 11 is 0. The van der Waals surface area contributed by atoms with Gasteiger partial charge in [0.15, 0.2) is 11.4 Å². The largest absolute Gasteiger partial charge is 0.485 e. The first-order valence-electron chi connectivity index (χ1n) is 10.5. The normalized spacial score (nSPS) is 11.6. The molecule has 0 aliphatic heterocycles. The Morgan fingerprint density at radius 3 is 2.17 bits per heavy atom. The summed E-state index contributed by atoms with van der Waals surface area (Å²) in [5.74, 6) is 1.84. The van der Waals surface area contributed by atoms with Crippen LogP contribution in [0.15, 0.2) is 79.0 Å². The van der Waals surface area contributed by atoms with E-state index in [2.05, 4.69) is 79.2 Å². The van der Waals surface area contributed by atoms with Crippen LogP contribution in [0.1, 0.15) is 37.6 Å². The Hall–Kier alpha value is -3.27. The van der Waals surface area contributed by atoms with Gasteiger partial charge in [0, 0.05) is 11.7 Å². The summed E-state index contributed by atoms with van der Waals surface area (Å²) in [5.41, 5.74) is 4.30. The summed E-state index contributed by atoms with van der Waals surface area (Å²) in [4.78, 5) is 5.00. The Morgan fingerprint density at radius 1 is 0.833 bits per heavy atom. The average molecular weight is 400 g/mol. The highest BCUT2D eigenvalue weighted by Gasteiger charge is 2.20. The van der Waals surface area contributed by atoms with Gasteiger partial charge in [-0.3, -0.25) is 4.40 Å². The van der Waals surface area contributed by atoms with E-state index in [1.54, 1.807) is 0 Å². The second-order valence-electron chi connectivity index (χ2n) is 8.61. The fourth-order valence-electron chi connectivity index (χ4n) is 3.51. The van der Waals surface area contributed by atoms with Gasteiger partial charge in [-0.25, -0.2) is 4.98 Å². The number of benzene rings is 2. The molecule has 1 N–H and O–H groups in total. The first-order valence-corrected chi connectivity index (χ1v) is 10.5. The molecule has 0 amide bonds. The highest BCUT2D eigenvalue weighted by molar-refractivity contribution is 5.63. The maximum Gasteiger partial charge on any atom is 0.181 e. The number of hydrogen-bond donors (Lipinski definition) is 1. The summed E-state index contributed by atoms with van der Waals surface area (Å²) < 4.78 is 8.27. The van der Waals surface area contributed by atoms with Crippen molar-refractivity contribution >= 4 is 11.5 Å². The van der Waals surface area contributed by atoms with Crippen LogP contribution >= 0.6 is 0 Å². The molecule has 2 aromatic heterocycles. The van der Waals surface area contributed by atoms with Gasteiger partial charge in [0.05, 0.1) is 5.69 Å². The lowest BCUT2D eigenvalue weighted by Crippen LogP contribution is -2.27.